The summed E-state index contributed by atoms with van der Waals surface area (Å²) in [6, 6.07) is 9.78. The molecule has 0 amide bonds. The lowest BCUT2D eigenvalue weighted by atomic mass is 10.2. The Balaban J connectivity index is 1.49. The maximum atomic E-state index is 12.3. The predicted molar refractivity (Wildman–Crippen MR) is 107 cm³/mol. The van der Waals surface area contributed by atoms with Crippen LogP contribution in [0.3, 0.4) is 0 Å². The number of rotatable bonds is 5. The summed E-state index contributed by atoms with van der Waals surface area (Å²) in [5, 5.41) is 4.21. The van der Waals surface area contributed by atoms with Crippen molar-refractivity contribution in [2.75, 3.05) is 50.2 Å². The Labute approximate surface area is 166 Å². The second-order valence-electron chi connectivity index (χ2n) is 6.67. The van der Waals surface area contributed by atoms with Gasteiger partial charge in [0.25, 0.3) is 0 Å². The molecule has 10 nitrogen and oxygen atoms in total. The highest BCUT2D eigenvalue weighted by molar-refractivity contribution is 5.68. The molecule has 4 rings (SSSR count). The highest BCUT2D eigenvalue weighted by Gasteiger charge is 2.20. The Bertz CT molecular complexity index is 1080. The number of hydrogen-bond donors (Lipinski definition) is 0. The molecular formula is C19H22N6O4. The predicted octanol–water partition coefficient (Wildman–Crippen LogP) is 0.399. The van der Waals surface area contributed by atoms with Gasteiger partial charge in [0.2, 0.25) is 0 Å². The third kappa shape index (κ3) is 3.73. The van der Waals surface area contributed by atoms with Crippen LogP contribution < -0.4 is 20.2 Å². The Hall–Kier alpha value is -3.56. The molecule has 0 atom stereocenters. The topological polar surface area (TPSA) is 94.2 Å². The Morgan fingerprint density at radius 3 is 2.59 bits per heavy atom. The highest BCUT2D eigenvalue weighted by atomic mass is 16.5. The van der Waals surface area contributed by atoms with Crippen LogP contribution in [0.4, 0.5) is 11.5 Å². The van der Waals surface area contributed by atoms with Gasteiger partial charge >= 0.3 is 11.7 Å². The van der Waals surface area contributed by atoms with Crippen molar-refractivity contribution in [3.63, 3.8) is 0 Å². The summed E-state index contributed by atoms with van der Waals surface area (Å²) in [4.78, 5) is 32.6. The summed E-state index contributed by atoms with van der Waals surface area (Å²) in [7, 11) is 2.94. The smallest absolute Gasteiger partial charge is 0.352 e. The van der Waals surface area contributed by atoms with E-state index in [0.29, 0.717) is 5.65 Å². The number of carbonyl (C=O) groups is 1. The number of aromatic nitrogens is 4. The molecule has 0 bridgehead atoms. The minimum atomic E-state index is -0.530. The van der Waals surface area contributed by atoms with E-state index in [2.05, 4.69) is 30.7 Å². The molecule has 3 aromatic rings. The Morgan fingerprint density at radius 2 is 1.86 bits per heavy atom. The highest BCUT2D eigenvalue weighted by Crippen LogP contribution is 2.23. The number of hydrogen-bond acceptors (Lipinski definition) is 8. The molecule has 1 saturated heterocycles. The van der Waals surface area contributed by atoms with Crippen molar-refractivity contribution >= 4 is 23.1 Å². The third-order valence-electron chi connectivity index (χ3n) is 4.99. The lowest BCUT2D eigenvalue weighted by Gasteiger charge is -2.36. The fourth-order valence-electron chi connectivity index (χ4n) is 3.38. The molecule has 2 aromatic heterocycles. The van der Waals surface area contributed by atoms with E-state index in [-0.39, 0.29) is 6.54 Å². The van der Waals surface area contributed by atoms with E-state index in [1.54, 1.807) is 13.2 Å². The lowest BCUT2D eigenvalue weighted by Crippen LogP contribution is -2.46. The average molecular weight is 398 g/mol. The van der Waals surface area contributed by atoms with Gasteiger partial charge in [-0.1, -0.05) is 6.07 Å². The van der Waals surface area contributed by atoms with Gasteiger partial charge in [0.05, 0.1) is 14.2 Å². The molecule has 1 fully saturated rings. The van der Waals surface area contributed by atoms with Crippen LogP contribution >= 0.6 is 0 Å². The summed E-state index contributed by atoms with van der Waals surface area (Å²) >= 11 is 0. The average Bonchev–Trinajstić information content (AvgIpc) is 3.08. The zero-order chi connectivity index (χ0) is 20.4. The van der Waals surface area contributed by atoms with E-state index >= 15 is 0 Å². The minimum Gasteiger partial charge on any atom is -0.497 e. The van der Waals surface area contributed by atoms with Crippen LogP contribution in [0.25, 0.3) is 5.65 Å². The second-order valence-corrected chi connectivity index (χ2v) is 6.67. The summed E-state index contributed by atoms with van der Waals surface area (Å²) in [6.45, 7) is 3.01. The first-order valence-electron chi connectivity index (χ1n) is 9.25. The number of benzene rings is 1. The summed E-state index contributed by atoms with van der Waals surface area (Å²) in [5.74, 6) is 1.06. The molecule has 10 heteroatoms. The largest absolute Gasteiger partial charge is 0.497 e. The van der Waals surface area contributed by atoms with Crippen molar-refractivity contribution in [1.82, 2.24) is 19.2 Å². The van der Waals surface area contributed by atoms with Gasteiger partial charge in [0.1, 0.15) is 24.4 Å². The van der Waals surface area contributed by atoms with Crippen LogP contribution in [0, 0.1) is 0 Å². The number of esters is 1. The SMILES string of the molecule is COC(=O)Cn1nc2cc(N3CCN(c4cccc(OC)c4)CC3)ncn2c1=O. The van der Waals surface area contributed by atoms with Gasteiger partial charge in [-0.2, -0.15) is 0 Å². The molecule has 1 aliphatic heterocycles. The van der Waals surface area contributed by atoms with Gasteiger partial charge in [-0.3, -0.25) is 4.79 Å². The van der Waals surface area contributed by atoms with E-state index < -0.39 is 11.7 Å². The second kappa shape index (κ2) is 7.82. The van der Waals surface area contributed by atoms with Gasteiger partial charge in [-0.25, -0.2) is 18.9 Å². The summed E-state index contributed by atoms with van der Waals surface area (Å²) in [5.41, 5.74) is 1.15. The maximum Gasteiger partial charge on any atom is 0.352 e. The van der Waals surface area contributed by atoms with Crippen molar-refractivity contribution in [2.24, 2.45) is 0 Å². The fraction of sp³-hybridized carbons (Fsp3) is 0.368. The first-order chi connectivity index (χ1) is 14.1. The quantitative estimate of drug-likeness (QED) is 0.570. The molecule has 0 radical (unpaired) electrons. The number of methoxy groups -OCH3 is 2. The van der Waals surface area contributed by atoms with Crippen LogP contribution in [0.15, 0.2) is 41.5 Å². The Morgan fingerprint density at radius 1 is 1.10 bits per heavy atom. The van der Waals surface area contributed by atoms with Gasteiger partial charge in [0, 0.05) is 44.0 Å². The minimum absolute atomic E-state index is 0.231. The van der Waals surface area contributed by atoms with E-state index in [4.69, 9.17) is 4.74 Å². The summed E-state index contributed by atoms with van der Waals surface area (Å²) < 4.78 is 12.3. The van der Waals surface area contributed by atoms with Crippen LogP contribution in [-0.2, 0) is 16.1 Å². The van der Waals surface area contributed by atoms with Crippen LogP contribution in [-0.4, -0.2) is 65.5 Å². The number of fused-ring (bicyclic) bond motifs is 1. The molecule has 1 aliphatic rings. The van der Waals surface area contributed by atoms with E-state index in [1.807, 2.05) is 18.2 Å². The fourth-order valence-corrected chi connectivity index (χ4v) is 3.38. The monoisotopic (exact) mass is 398 g/mol. The lowest BCUT2D eigenvalue weighted by molar-refractivity contribution is -0.141. The van der Waals surface area contributed by atoms with Crippen LogP contribution in [0.2, 0.25) is 0 Å². The van der Waals surface area contributed by atoms with Crippen molar-refractivity contribution in [1.29, 1.82) is 0 Å². The third-order valence-corrected chi connectivity index (χ3v) is 4.99. The molecule has 0 aliphatic carbocycles. The molecule has 152 valence electrons. The molecule has 0 unspecified atom stereocenters. The standard InChI is InChI=1S/C19H22N6O4/c1-28-15-5-3-4-14(10-15)22-6-8-23(9-7-22)16-11-17-21-25(12-18(26)29-2)19(27)24(17)13-20-16/h3-5,10-11,13H,6-9,12H2,1-2H3. The van der Waals surface area contributed by atoms with E-state index in [1.165, 1.54) is 17.8 Å². The maximum absolute atomic E-state index is 12.3. The Kier molecular flexibility index (Phi) is 5.07. The summed E-state index contributed by atoms with van der Waals surface area (Å²) in [6.07, 6.45) is 1.45. The molecule has 0 spiro atoms. The number of anilines is 2. The van der Waals surface area contributed by atoms with Crippen LogP contribution in [0.5, 0.6) is 5.75 Å². The zero-order valence-corrected chi connectivity index (χ0v) is 16.3. The van der Waals surface area contributed by atoms with Crippen molar-refractivity contribution < 1.29 is 14.3 Å². The van der Waals surface area contributed by atoms with Crippen molar-refractivity contribution in [3.05, 3.63) is 47.1 Å². The molecule has 3 heterocycles. The van der Waals surface area contributed by atoms with Crippen molar-refractivity contribution in [2.45, 2.75) is 6.54 Å². The normalized spacial score (nSPS) is 14.3. The number of ether oxygens (including phenoxy) is 2. The first kappa shape index (κ1) is 18.8. The number of piperazine rings is 1. The van der Waals surface area contributed by atoms with Gasteiger partial charge in [-0.05, 0) is 12.1 Å². The molecule has 0 saturated carbocycles. The van der Waals surface area contributed by atoms with Crippen molar-refractivity contribution in [3.8, 4) is 5.75 Å². The van der Waals surface area contributed by atoms with Gasteiger partial charge < -0.3 is 19.3 Å². The molecule has 0 N–H and O–H groups in total. The van der Waals surface area contributed by atoms with Gasteiger partial charge in [-0.15, -0.1) is 5.10 Å². The van der Waals surface area contributed by atoms with Crippen LogP contribution in [0.1, 0.15) is 0 Å². The molecule has 29 heavy (non-hydrogen) atoms. The van der Waals surface area contributed by atoms with E-state index in [9.17, 15) is 9.59 Å². The number of carbonyl (C=O) groups excluding carboxylic acids is 1. The first-order valence-corrected chi connectivity index (χ1v) is 9.25. The van der Waals surface area contributed by atoms with E-state index in [0.717, 1.165) is 48.1 Å². The number of nitrogens with zero attached hydrogens (tertiary/aromatic N) is 6. The van der Waals surface area contributed by atoms with Gasteiger partial charge in [0.15, 0.2) is 5.65 Å². The zero-order valence-electron chi connectivity index (χ0n) is 16.3. The molecular weight excluding hydrogens is 376 g/mol. The molecule has 1 aromatic carbocycles.